The predicted octanol–water partition coefficient (Wildman–Crippen LogP) is 4.76. The molecule has 0 aliphatic carbocycles. The van der Waals surface area contributed by atoms with Crippen molar-refractivity contribution < 1.29 is 14.3 Å². The van der Waals surface area contributed by atoms with Crippen molar-refractivity contribution in [3.8, 4) is 11.5 Å². The summed E-state index contributed by atoms with van der Waals surface area (Å²) in [6, 6.07) is 22.4. The van der Waals surface area contributed by atoms with Gasteiger partial charge in [-0.05, 0) is 54.4 Å². The molecule has 1 amide bonds. The number of nitrogens with one attached hydrogen (secondary N) is 1. The number of amides is 1. The second kappa shape index (κ2) is 10.3. The van der Waals surface area contributed by atoms with Crippen molar-refractivity contribution in [1.82, 2.24) is 5.43 Å². The van der Waals surface area contributed by atoms with Gasteiger partial charge in [0, 0.05) is 5.02 Å². The first kappa shape index (κ1) is 20.4. The standard InChI is InChI=1S/C23H21ClN2O3/c1-17-5-11-21(12-6-17)29-16-23(27)26-25-14-19-3-2-4-22(13-19)28-15-18-7-9-20(24)10-8-18/h2-14H,15-16H2,1H3,(H,26,27)/b25-14-. The zero-order valence-electron chi connectivity index (χ0n) is 16.0. The maximum Gasteiger partial charge on any atom is 0.277 e. The normalized spacial score (nSPS) is 10.7. The summed E-state index contributed by atoms with van der Waals surface area (Å²) in [6.07, 6.45) is 1.55. The zero-order chi connectivity index (χ0) is 20.5. The Morgan fingerprint density at radius 2 is 1.76 bits per heavy atom. The SMILES string of the molecule is Cc1ccc(OCC(=O)N/N=C\c2cccc(OCc3ccc(Cl)cc3)c2)cc1. The van der Waals surface area contributed by atoms with Crippen molar-refractivity contribution in [3.05, 3.63) is 94.5 Å². The molecule has 0 spiro atoms. The van der Waals surface area contributed by atoms with Crippen LogP contribution in [0.3, 0.4) is 0 Å². The lowest BCUT2D eigenvalue weighted by atomic mass is 10.2. The number of hydrogen-bond donors (Lipinski definition) is 1. The van der Waals surface area contributed by atoms with Crippen molar-refractivity contribution in [3.63, 3.8) is 0 Å². The highest BCUT2D eigenvalue weighted by Gasteiger charge is 2.02. The molecule has 29 heavy (non-hydrogen) atoms. The summed E-state index contributed by atoms with van der Waals surface area (Å²) in [5, 5.41) is 4.66. The van der Waals surface area contributed by atoms with Crippen LogP contribution in [0.2, 0.25) is 5.02 Å². The minimum Gasteiger partial charge on any atom is -0.489 e. The van der Waals surface area contributed by atoms with E-state index in [1.54, 1.807) is 6.21 Å². The number of hydrogen-bond acceptors (Lipinski definition) is 4. The van der Waals surface area contributed by atoms with Crippen LogP contribution in [0.25, 0.3) is 0 Å². The summed E-state index contributed by atoms with van der Waals surface area (Å²) >= 11 is 5.88. The number of carbonyl (C=O) groups is 1. The number of carbonyl (C=O) groups excluding carboxylic acids is 1. The van der Waals surface area contributed by atoms with Gasteiger partial charge in [0.05, 0.1) is 6.21 Å². The molecule has 0 radical (unpaired) electrons. The van der Waals surface area contributed by atoms with Crippen LogP contribution in [0.5, 0.6) is 11.5 Å². The quantitative estimate of drug-likeness (QED) is 0.432. The molecule has 0 aromatic heterocycles. The second-order valence-electron chi connectivity index (χ2n) is 6.38. The Hall–Kier alpha value is -3.31. The summed E-state index contributed by atoms with van der Waals surface area (Å²) in [7, 11) is 0. The van der Waals surface area contributed by atoms with Crippen molar-refractivity contribution in [1.29, 1.82) is 0 Å². The van der Waals surface area contributed by atoms with Gasteiger partial charge in [-0.25, -0.2) is 5.43 Å². The summed E-state index contributed by atoms with van der Waals surface area (Å²) in [5.41, 5.74) is 5.40. The third kappa shape index (κ3) is 6.97. The van der Waals surface area contributed by atoms with E-state index in [0.29, 0.717) is 23.1 Å². The molecule has 148 valence electrons. The molecule has 3 aromatic rings. The molecule has 0 aliphatic heterocycles. The van der Waals surface area contributed by atoms with Gasteiger partial charge in [-0.1, -0.05) is 53.6 Å². The van der Waals surface area contributed by atoms with E-state index in [-0.39, 0.29) is 12.5 Å². The van der Waals surface area contributed by atoms with Gasteiger partial charge >= 0.3 is 0 Å². The van der Waals surface area contributed by atoms with Crippen molar-refractivity contribution >= 4 is 23.7 Å². The van der Waals surface area contributed by atoms with Gasteiger partial charge in [-0.15, -0.1) is 0 Å². The Kier molecular flexibility index (Phi) is 7.25. The lowest BCUT2D eigenvalue weighted by Gasteiger charge is -2.07. The maximum absolute atomic E-state index is 11.8. The summed E-state index contributed by atoms with van der Waals surface area (Å²) in [4.78, 5) is 11.8. The monoisotopic (exact) mass is 408 g/mol. The third-order valence-electron chi connectivity index (χ3n) is 3.97. The topological polar surface area (TPSA) is 59.9 Å². The summed E-state index contributed by atoms with van der Waals surface area (Å²) in [5.74, 6) is 1.01. The lowest BCUT2D eigenvalue weighted by molar-refractivity contribution is -0.123. The fraction of sp³-hybridized carbons (Fsp3) is 0.130. The number of rotatable bonds is 8. The fourth-order valence-electron chi connectivity index (χ4n) is 2.43. The van der Waals surface area contributed by atoms with Crippen LogP contribution in [0.4, 0.5) is 0 Å². The van der Waals surface area contributed by atoms with Gasteiger partial charge in [0.2, 0.25) is 0 Å². The number of hydrazone groups is 1. The average Bonchev–Trinajstić information content (AvgIpc) is 2.73. The molecule has 0 heterocycles. The first-order chi connectivity index (χ1) is 14.1. The fourth-order valence-corrected chi connectivity index (χ4v) is 2.55. The third-order valence-corrected chi connectivity index (χ3v) is 4.22. The molecule has 0 fully saturated rings. The number of ether oxygens (including phenoxy) is 2. The largest absolute Gasteiger partial charge is 0.489 e. The van der Waals surface area contributed by atoms with E-state index in [9.17, 15) is 4.79 Å². The van der Waals surface area contributed by atoms with E-state index in [2.05, 4.69) is 10.5 Å². The van der Waals surface area contributed by atoms with Crippen molar-refractivity contribution in [2.75, 3.05) is 6.61 Å². The molecule has 6 heteroatoms. The van der Waals surface area contributed by atoms with Crippen LogP contribution in [-0.4, -0.2) is 18.7 Å². The van der Waals surface area contributed by atoms with Gasteiger partial charge in [-0.2, -0.15) is 5.10 Å². The molecular weight excluding hydrogens is 388 g/mol. The Labute approximate surface area is 174 Å². The smallest absolute Gasteiger partial charge is 0.277 e. The van der Waals surface area contributed by atoms with Gasteiger partial charge in [-0.3, -0.25) is 4.79 Å². The van der Waals surface area contributed by atoms with Crippen molar-refractivity contribution in [2.24, 2.45) is 5.10 Å². The summed E-state index contributed by atoms with van der Waals surface area (Å²) < 4.78 is 11.2. The van der Waals surface area contributed by atoms with E-state index >= 15 is 0 Å². The summed E-state index contributed by atoms with van der Waals surface area (Å²) in [6.45, 7) is 2.32. The second-order valence-corrected chi connectivity index (χ2v) is 6.82. The molecular formula is C23H21ClN2O3. The van der Waals surface area contributed by atoms with Crippen molar-refractivity contribution in [2.45, 2.75) is 13.5 Å². The first-order valence-electron chi connectivity index (χ1n) is 9.07. The minimum absolute atomic E-state index is 0.107. The first-order valence-corrected chi connectivity index (χ1v) is 9.45. The lowest BCUT2D eigenvalue weighted by Crippen LogP contribution is -2.24. The highest BCUT2D eigenvalue weighted by atomic mass is 35.5. The zero-order valence-corrected chi connectivity index (χ0v) is 16.7. The molecule has 0 saturated carbocycles. The Bertz CT molecular complexity index is 970. The van der Waals surface area contributed by atoms with E-state index in [4.69, 9.17) is 21.1 Å². The van der Waals surface area contributed by atoms with E-state index in [0.717, 1.165) is 16.7 Å². The molecule has 3 rings (SSSR count). The van der Waals surface area contributed by atoms with Crippen LogP contribution in [0.15, 0.2) is 77.9 Å². The number of benzene rings is 3. The van der Waals surface area contributed by atoms with Gasteiger partial charge in [0.1, 0.15) is 18.1 Å². The van der Waals surface area contributed by atoms with Crippen LogP contribution in [-0.2, 0) is 11.4 Å². The average molecular weight is 409 g/mol. The minimum atomic E-state index is -0.336. The molecule has 0 saturated heterocycles. The predicted molar refractivity (Wildman–Crippen MR) is 115 cm³/mol. The molecule has 3 aromatic carbocycles. The maximum atomic E-state index is 11.8. The van der Waals surface area contributed by atoms with Crippen LogP contribution >= 0.6 is 11.6 Å². The van der Waals surface area contributed by atoms with E-state index in [1.807, 2.05) is 79.7 Å². The number of halogens is 1. The Balaban J connectivity index is 1.46. The van der Waals surface area contributed by atoms with Gasteiger partial charge < -0.3 is 9.47 Å². The number of nitrogens with zero attached hydrogens (tertiary/aromatic N) is 1. The molecule has 5 nitrogen and oxygen atoms in total. The van der Waals surface area contributed by atoms with E-state index in [1.165, 1.54) is 0 Å². The molecule has 1 N–H and O–H groups in total. The molecule has 0 aliphatic rings. The molecule has 0 unspecified atom stereocenters. The Morgan fingerprint density at radius 1 is 1.00 bits per heavy atom. The number of aryl methyl sites for hydroxylation is 1. The van der Waals surface area contributed by atoms with Crippen LogP contribution < -0.4 is 14.9 Å². The highest BCUT2D eigenvalue weighted by molar-refractivity contribution is 6.30. The van der Waals surface area contributed by atoms with Gasteiger partial charge in [0.15, 0.2) is 6.61 Å². The molecule has 0 bridgehead atoms. The van der Waals surface area contributed by atoms with Crippen LogP contribution in [0.1, 0.15) is 16.7 Å². The van der Waals surface area contributed by atoms with Gasteiger partial charge in [0.25, 0.3) is 5.91 Å². The highest BCUT2D eigenvalue weighted by Crippen LogP contribution is 2.16. The van der Waals surface area contributed by atoms with E-state index < -0.39 is 0 Å². The Morgan fingerprint density at radius 3 is 2.52 bits per heavy atom. The molecule has 0 atom stereocenters. The van der Waals surface area contributed by atoms with Crippen LogP contribution in [0, 0.1) is 6.92 Å².